The Kier molecular flexibility index (Phi) is 2.45. The topological polar surface area (TPSA) is 99.9 Å². The summed E-state index contributed by atoms with van der Waals surface area (Å²) in [7, 11) is 0. The lowest BCUT2D eigenvalue weighted by atomic mass is 10.2. The monoisotopic (exact) mass is 195 g/mol. The summed E-state index contributed by atoms with van der Waals surface area (Å²) in [6.45, 7) is 0.820. The number of anilines is 2. The minimum Gasteiger partial charge on any atom is -0.378 e. The van der Waals surface area contributed by atoms with Gasteiger partial charge in [0.2, 0.25) is 11.9 Å². The van der Waals surface area contributed by atoms with Gasteiger partial charge >= 0.3 is 0 Å². The summed E-state index contributed by atoms with van der Waals surface area (Å²) in [5, 5.41) is 0. The quantitative estimate of drug-likeness (QED) is 0.675. The molecule has 2 rings (SSSR count). The zero-order valence-corrected chi connectivity index (χ0v) is 7.81. The van der Waals surface area contributed by atoms with E-state index in [4.69, 9.17) is 16.2 Å². The molecule has 76 valence electrons. The Hall–Kier alpha value is -1.43. The van der Waals surface area contributed by atoms with Gasteiger partial charge in [-0.25, -0.2) is 0 Å². The molecule has 6 nitrogen and oxygen atoms in total. The molecule has 6 heteroatoms. The fourth-order valence-electron chi connectivity index (χ4n) is 1.56. The molecule has 1 aromatic heterocycles. The van der Waals surface area contributed by atoms with E-state index in [1.165, 1.54) is 0 Å². The molecule has 0 radical (unpaired) electrons. The van der Waals surface area contributed by atoms with Crippen LogP contribution in [0.15, 0.2) is 0 Å². The number of nitrogens with zero attached hydrogens (tertiary/aromatic N) is 3. The van der Waals surface area contributed by atoms with E-state index in [0.717, 1.165) is 19.4 Å². The molecular weight excluding hydrogens is 182 g/mol. The lowest BCUT2D eigenvalue weighted by molar-refractivity contribution is 0.110. The molecule has 0 aromatic carbocycles. The summed E-state index contributed by atoms with van der Waals surface area (Å²) in [5.41, 5.74) is 10.9. The highest BCUT2D eigenvalue weighted by Gasteiger charge is 2.17. The molecule has 1 atom stereocenters. The van der Waals surface area contributed by atoms with Crippen LogP contribution in [-0.2, 0) is 11.2 Å². The molecule has 1 aliphatic rings. The molecule has 2 heterocycles. The zero-order chi connectivity index (χ0) is 9.97. The van der Waals surface area contributed by atoms with E-state index in [1.807, 2.05) is 0 Å². The van der Waals surface area contributed by atoms with Crippen LogP contribution in [0.25, 0.3) is 0 Å². The second-order valence-electron chi connectivity index (χ2n) is 3.31. The molecule has 0 amide bonds. The predicted octanol–water partition coefficient (Wildman–Crippen LogP) is -0.243. The van der Waals surface area contributed by atoms with Gasteiger partial charge in [-0.3, -0.25) is 0 Å². The second kappa shape index (κ2) is 3.75. The maximum atomic E-state index is 5.45. The Labute approximate surface area is 81.7 Å². The fraction of sp³-hybridized carbons (Fsp3) is 0.625. The van der Waals surface area contributed by atoms with Crippen molar-refractivity contribution in [2.75, 3.05) is 18.1 Å². The van der Waals surface area contributed by atoms with Crippen molar-refractivity contribution in [2.24, 2.45) is 0 Å². The Morgan fingerprint density at radius 3 is 2.50 bits per heavy atom. The summed E-state index contributed by atoms with van der Waals surface area (Å²) >= 11 is 0. The van der Waals surface area contributed by atoms with E-state index >= 15 is 0 Å². The van der Waals surface area contributed by atoms with Gasteiger partial charge in [0, 0.05) is 13.0 Å². The van der Waals surface area contributed by atoms with Crippen LogP contribution in [0.4, 0.5) is 11.9 Å². The van der Waals surface area contributed by atoms with Crippen molar-refractivity contribution in [2.45, 2.75) is 25.4 Å². The maximum Gasteiger partial charge on any atom is 0.225 e. The van der Waals surface area contributed by atoms with Gasteiger partial charge in [0.1, 0.15) is 5.82 Å². The third-order valence-electron chi connectivity index (χ3n) is 2.15. The highest BCUT2D eigenvalue weighted by atomic mass is 16.5. The molecule has 14 heavy (non-hydrogen) atoms. The third kappa shape index (κ3) is 2.08. The van der Waals surface area contributed by atoms with Gasteiger partial charge < -0.3 is 16.2 Å². The first-order valence-electron chi connectivity index (χ1n) is 4.61. The largest absolute Gasteiger partial charge is 0.378 e. The van der Waals surface area contributed by atoms with Gasteiger partial charge in [-0.05, 0) is 12.8 Å². The van der Waals surface area contributed by atoms with Crippen molar-refractivity contribution in [3.8, 4) is 0 Å². The highest BCUT2D eigenvalue weighted by Crippen LogP contribution is 2.15. The number of rotatable bonds is 2. The number of nitrogen functional groups attached to an aromatic ring is 2. The first-order chi connectivity index (χ1) is 6.74. The molecule has 0 spiro atoms. The molecule has 1 unspecified atom stereocenters. The molecule has 0 saturated carbocycles. The average Bonchev–Trinajstić information content (AvgIpc) is 2.54. The highest BCUT2D eigenvalue weighted by molar-refractivity contribution is 5.25. The summed E-state index contributed by atoms with van der Waals surface area (Å²) in [4.78, 5) is 11.7. The lowest BCUT2D eigenvalue weighted by Crippen LogP contribution is -2.14. The van der Waals surface area contributed by atoms with Crippen LogP contribution >= 0.6 is 0 Å². The standard InChI is InChI=1S/C8H13N5O/c9-7-11-6(12-8(10)13-7)4-5-2-1-3-14-5/h5H,1-4H2,(H4,9,10,11,12,13). The third-order valence-corrected chi connectivity index (χ3v) is 2.15. The predicted molar refractivity (Wildman–Crippen MR) is 51.3 cm³/mol. The van der Waals surface area contributed by atoms with E-state index < -0.39 is 0 Å². The van der Waals surface area contributed by atoms with E-state index in [1.54, 1.807) is 0 Å². The molecule has 0 bridgehead atoms. The minimum atomic E-state index is 0.172. The van der Waals surface area contributed by atoms with Gasteiger partial charge in [0.05, 0.1) is 6.10 Å². The molecule has 0 aliphatic carbocycles. The van der Waals surface area contributed by atoms with Crippen LogP contribution in [0.2, 0.25) is 0 Å². The molecule has 1 saturated heterocycles. The van der Waals surface area contributed by atoms with Crippen molar-refractivity contribution in [1.29, 1.82) is 0 Å². The molecule has 1 aliphatic heterocycles. The Morgan fingerprint density at radius 2 is 1.93 bits per heavy atom. The van der Waals surface area contributed by atoms with Crippen molar-refractivity contribution in [3.05, 3.63) is 5.82 Å². The van der Waals surface area contributed by atoms with Gasteiger partial charge in [-0.15, -0.1) is 0 Å². The minimum absolute atomic E-state index is 0.172. The number of aromatic nitrogens is 3. The Balaban J connectivity index is 2.07. The average molecular weight is 195 g/mol. The van der Waals surface area contributed by atoms with E-state index in [2.05, 4.69) is 15.0 Å². The smallest absolute Gasteiger partial charge is 0.225 e. The van der Waals surface area contributed by atoms with Gasteiger partial charge in [0.15, 0.2) is 0 Å². The van der Waals surface area contributed by atoms with Crippen LogP contribution in [0.5, 0.6) is 0 Å². The van der Waals surface area contributed by atoms with Gasteiger partial charge in [-0.1, -0.05) is 0 Å². The molecular formula is C8H13N5O. The summed E-state index contributed by atoms with van der Waals surface area (Å²) in [6, 6.07) is 0. The summed E-state index contributed by atoms with van der Waals surface area (Å²) in [6.07, 6.45) is 3.01. The summed E-state index contributed by atoms with van der Waals surface area (Å²) in [5.74, 6) is 0.956. The molecule has 1 aromatic rings. The number of nitrogens with two attached hydrogens (primary N) is 2. The summed E-state index contributed by atoms with van der Waals surface area (Å²) < 4.78 is 5.45. The van der Waals surface area contributed by atoms with Crippen LogP contribution in [0.1, 0.15) is 18.7 Å². The van der Waals surface area contributed by atoms with E-state index in [-0.39, 0.29) is 18.0 Å². The number of hydrogen-bond donors (Lipinski definition) is 2. The molecule has 4 N–H and O–H groups in total. The van der Waals surface area contributed by atoms with Crippen LogP contribution < -0.4 is 11.5 Å². The Bertz CT molecular complexity index is 303. The maximum absolute atomic E-state index is 5.45. The lowest BCUT2D eigenvalue weighted by Gasteiger charge is -2.07. The Morgan fingerprint density at radius 1 is 1.21 bits per heavy atom. The van der Waals surface area contributed by atoms with Gasteiger partial charge in [-0.2, -0.15) is 15.0 Å². The molecule has 1 fully saturated rings. The van der Waals surface area contributed by atoms with E-state index in [9.17, 15) is 0 Å². The SMILES string of the molecule is Nc1nc(N)nc(CC2CCCO2)n1. The number of ether oxygens (including phenoxy) is 1. The first-order valence-corrected chi connectivity index (χ1v) is 4.61. The number of hydrogen-bond acceptors (Lipinski definition) is 6. The van der Waals surface area contributed by atoms with Crippen LogP contribution in [-0.4, -0.2) is 27.7 Å². The van der Waals surface area contributed by atoms with Crippen LogP contribution in [0, 0.1) is 0 Å². The normalized spacial score (nSPS) is 21.3. The zero-order valence-electron chi connectivity index (χ0n) is 7.81. The van der Waals surface area contributed by atoms with Crippen molar-refractivity contribution in [1.82, 2.24) is 15.0 Å². The van der Waals surface area contributed by atoms with Crippen molar-refractivity contribution >= 4 is 11.9 Å². The fourth-order valence-corrected chi connectivity index (χ4v) is 1.56. The van der Waals surface area contributed by atoms with Crippen molar-refractivity contribution in [3.63, 3.8) is 0 Å². The second-order valence-corrected chi connectivity index (χ2v) is 3.31. The van der Waals surface area contributed by atoms with E-state index in [0.29, 0.717) is 12.2 Å². The van der Waals surface area contributed by atoms with Crippen LogP contribution in [0.3, 0.4) is 0 Å². The first kappa shape index (κ1) is 9.14. The van der Waals surface area contributed by atoms with Gasteiger partial charge in [0.25, 0.3) is 0 Å². The van der Waals surface area contributed by atoms with Crippen molar-refractivity contribution < 1.29 is 4.74 Å².